The summed E-state index contributed by atoms with van der Waals surface area (Å²) in [6.45, 7) is 1.80. The first-order valence-corrected chi connectivity index (χ1v) is 14.9. The van der Waals surface area contributed by atoms with Gasteiger partial charge in [0.2, 0.25) is 17.7 Å². The Hall–Kier alpha value is -3.64. The van der Waals surface area contributed by atoms with E-state index in [4.69, 9.17) is 34.8 Å². The summed E-state index contributed by atoms with van der Waals surface area (Å²) in [5.41, 5.74) is 4.83. The number of halogens is 3. The second kappa shape index (κ2) is 9.70. The van der Waals surface area contributed by atoms with E-state index in [1.807, 2.05) is 78.9 Å². The molecular formula is C34H25Cl3N2O3. The minimum atomic E-state index is -1.33. The summed E-state index contributed by atoms with van der Waals surface area (Å²) in [6.07, 6.45) is 0.119. The fourth-order valence-electron chi connectivity index (χ4n) is 7.09. The molecule has 0 aromatic heterocycles. The summed E-state index contributed by atoms with van der Waals surface area (Å²) in [4.78, 5) is 41.7. The van der Waals surface area contributed by atoms with E-state index < -0.39 is 45.3 Å². The van der Waals surface area contributed by atoms with Crippen molar-refractivity contribution < 1.29 is 14.4 Å². The van der Waals surface area contributed by atoms with Crippen LogP contribution in [0.3, 0.4) is 0 Å². The van der Waals surface area contributed by atoms with Gasteiger partial charge in [-0.15, -0.1) is 23.2 Å². The maximum absolute atomic E-state index is 14.6. The van der Waals surface area contributed by atoms with Crippen LogP contribution in [0, 0.1) is 18.8 Å². The molecule has 4 aliphatic rings. The Kier molecular flexibility index (Phi) is 6.28. The van der Waals surface area contributed by atoms with Crippen molar-refractivity contribution in [2.75, 3.05) is 5.32 Å². The zero-order valence-corrected chi connectivity index (χ0v) is 24.8. The van der Waals surface area contributed by atoms with E-state index in [9.17, 15) is 14.4 Å². The van der Waals surface area contributed by atoms with E-state index in [2.05, 4.69) is 5.32 Å². The monoisotopic (exact) mass is 614 g/mol. The predicted molar refractivity (Wildman–Crippen MR) is 164 cm³/mol. The molecule has 42 heavy (non-hydrogen) atoms. The summed E-state index contributed by atoms with van der Waals surface area (Å²) in [6, 6.07) is 28.3. The largest absolute Gasteiger partial charge is 0.324 e. The Bertz CT molecular complexity index is 1670. The highest BCUT2D eigenvalue weighted by Gasteiger charge is 2.73. The summed E-state index contributed by atoms with van der Waals surface area (Å²) < 4.78 is 0. The Morgan fingerprint density at radius 3 is 1.74 bits per heavy atom. The molecule has 1 heterocycles. The molecule has 0 unspecified atom stereocenters. The van der Waals surface area contributed by atoms with Gasteiger partial charge in [0.15, 0.2) is 0 Å². The average molecular weight is 616 g/mol. The van der Waals surface area contributed by atoms with E-state index in [0.29, 0.717) is 38.5 Å². The SMILES string of the molecule is Cc1c(Cl)cccc1NC(=O)[C@H](Cc1ccccc1)N1C(=O)[C@H]2[C@H](C1=O)C1(Cl)c3ccccc3C2(Cl)c2ccccc21. The molecule has 3 aliphatic carbocycles. The lowest BCUT2D eigenvalue weighted by molar-refractivity contribution is -0.146. The van der Waals surface area contributed by atoms with E-state index in [0.717, 1.165) is 10.5 Å². The van der Waals surface area contributed by atoms with Crippen LogP contribution in [0.15, 0.2) is 97.1 Å². The normalized spacial score (nSPS) is 26.0. The van der Waals surface area contributed by atoms with Crippen molar-refractivity contribution in [3.63, 3.8) is 0 Å². The van der Waals surface area contributed by atoms with Gasteiger partial charge < -0.3 is 5.32 Å². The Labute approximate surface area is 258 Å². The van der Waals surface area contributed by atoms with Crippen LogP contribution in [0.25, 0.3) is 0 Å². The third-order valence-electron chi connectivity index (χ3n) is 9.03. The summed E-state index contributed by atoms with van der Waals surface area (Å²) >= 11 is 21.5. The number of imide groups is 1. The second-order valence-corrected chi connectivity index (χ2v) is 12.7. The van der Waals surface area contributed by atoms with Crippen molar-refractivity contribution >= 4 is 58.2 Å². The zero-order chi connectivity index (χ0) is 29.4. The van der Waals surface area contributed by atoms with Crippen LogP contribution >= 0.6 is 34.8 Å². The average Bonchev–Trinajstić information content (AvgIpc) is 3.28. The third-order valence-corrected chi connectivity index (χ3v) is 10.7. The molecule has 3 atom stereocenters. The first-order chi connectivity index (χ1) is 20.2. The van der Waals surface area contributed by atoms with Crippen molar-refractivity contribution in [1.29, 1.82) is 0 Å². The lowest BCUT2D eigenvalue weighted by atomic mass is 9.54. The molecule has 0 spiro atoms. The van der Waals surface area contributed by atoms with Crippen molar-refractivity contribution in [2.45, 2.75) is 29.1 Å². The topological polar surface area (TPSA) is 66.5 Å². The van der Waals surface area contributed by atoms with Gasteiger partial charge in [-0.05, 0) is 52.4 Å². The molecular weight excluding hydrogens is 591 g/mol. The van der Waals surface area contributed by atoms with Gasteiger partial charge in [-0.2, -0.15) is 0 Å². The van der Waals surface area contributed by atoms with Gasteiger partial charge in [0.25, 0.3) is 0 Å². The number of likely N-dealkylation sites (tertiary alicyclic amines) is 1. The lowest BCUT2D eigenvalue weighted by Gasteiger charge is -2.54. The molecule has 4 aromatic rings. The molecule has 2 bridgehead atoms. The summed E-state index contributed by atoms with van der Waals surface area (Å²) in [5, 5.41) is 3.42. The van der Waals surface area contributed by atoms with Gasteiger partial charge in [-0.3, -0.25) is 19.3 Å². The second-order valence-electron chi connectivity index (χ2n) is 11.1. The molecule has 1 saturated heterocycles. The number of amides is 3. The number of hydrogen-bond acceptors (Lipinski definition) is 3. The molecule has 1 aliphatic heterocycles. The molecule has 210 valence electrons. The van der Waals surface area contributed by atoms with Crippen LogP contribution in [-0.4, -0.2) is 28.7 Å². The fourth-order valence-corrected chi connectivity index (χ4v) is 8.37. The van der Waals surface area contributed by atoms with Gasteiger partial charge in [0, 0.05) is 17.1 Å². The van der Waals surface area contributed by atoms with Crippen molar-refractivity contribution in [2.24, 2.45) is 11.8 Å². The van der Waals surface area contributed by atoms with Crippen molar-refractivity contribution in [3.05, 3.63) is 135 Å². The molecule has 0 radical (unpaired) electrons. The van der Waals surface area contributed by atoms with Gasteiger partial charge in [-0.1, -0.05) is 96.5 Å². The number of hydrogen-bond donors (Lipinski definition) is 1. The number of nitrogens with zero attached hydrogens (tertiary/aromatic N) is 1. The van der Waals surface area contributed by atoms with Gasteiger partial charge >= 0.3 is 0 Å². The van der Waals surface area contributed by atoms with Gasteiger partial charge in [0.1, 0.15) is 15.8 Å². The van der Waals surface area contributed by atoms with Crippen LogP contribution in [0.2, 0.25) is 5.02 Å². The number of rotatable bonds is 5. The van der Waals surface area contributed by atoms with Crippen molar-refractivity contribution in [3.8, 4) is 0 Å². The number of anilines is 1. The van der Waals surface area contributed by atoms with E-state index >= 15 is 0 Å². The van der Waals surface area contributed by atoms with Gasteiger partial charge in [0.05, 0.1) is 11.8 Å². The molecule has 3 amide bonds. The standard InChI is InChI=1S/C34H25Cl3N2O3/c1-19-25(35)16-9-17-26(19)38-30(40)27(18-20-10-3-2-4-11-20)39-31(41)28-29(32(39)42)34(37)22-13-6-5-12-21(22)33(28,36)23-14-7-8-15-24(23)34/h2-17,27-29H,18H2,1H3,(H,38,40)/t27-,28+,29+,33?,34?/m0/s1. The Morgan fingerprint density at radius 1 is 0.762 bits per heavy atom. The highest BCUT2D eigenvalue weighted by molar-refractivity contribution is 6.36. The highest BCUT2D eigenvalue weighted by Crippen LogP contribution is 2.69. The maximum Gasteiger partial charge on any atom is 0.248 e. The smallest absolute Gasteiger partial charge is 0.248 e. The summed E-state index contributed by atoms with van der Waals surface area (Å²) in [7, 11) is 0. The molecule has 8 rings (SSSR count). The molecule has 5 nitrogen and oxygen atoms in total. The van der Waals surface area contributed by atoms with Crippen molar-refractivity contribution in [1.82, 2.24) is 4.90 Å². The molecule has 4 aromatic carbocycles. The number of nitrogens with one attached hydrogen (secondary N) is 1. The van der Waals surface area contributed by atoms with E-state index in [-0.39, 0.29) is 6.42 Å². The van der Waals surface area contributed by atoms with Crippen LogP contribution in [0.5, 0.6) is 0 Å². The number of carbonyl (C=O) groups excluding carboxylic acids is 3. The van der Waals surface area contributed by atoms with E-state index in [1.54, 1.807) is 25.1 Å². The molecule has 0 saturated carbocycles. The molecule has 1 N–H and O–H groups in total. The number of carbonyl (C=O) groups is 3. The highest BCUT2D eigenvalue weighted by atomic mass is 35.5. The third kappa shape index (κ3) is 3.60. The quantitative estimate of drug-likeness (QED) is 0.199. The number of alkyl halides is 2. The van der Waals surface area contributed by atoms with Gasteiger partial charge in [-0.25, -0.2) is 0 Å². The van der Waals surface area contributed by atoms with Crippen LogP contribution < -0.4 is 5.32 Å². The number of benzene rings is 4. The Balaban J connectivity index is 1.37. The molecule has 1 fully saturated rings. The first kappa shape index (κ1) is 27.2. The van der Waals surface area contributed by atoms with Crippen LogP contribution in [-0.2, 0) is 30.6 Å². The maximum atomic E-state index is 14.6. The lowest BCUT2D eigenvalue weighted by Crippen LogP contribution is -2.57. The minimum absolute atomic E-state index is 0.119. The van der Waals surface area contributed by atoms with E-state index in [1.165, 1.54) is 0 Å². The fraction of sp³-hybridized carbons (Fsp3) is 0.206. The first-order valence-electron chi connectivity index (χ1n) is 13.7. The van der Waals surface area contributed by atoms with Crippen LogP contribution in [0.1, 0.15) is 33.4 Å². The predicted octanol–water partition coefficient (Wildman–Crippen LogP) is 6.79. The Morgan fingerprint density at radius 2 is 1.24 bits per heavy atom. The zero-order valence-electron chi connectivity index (χ0n) is 22.5. The molecule has 8 heteroatoms. The summed E-state index contributed by atoms with van der Waals surface area (Å²) in [5.74, 6) is -3.50. The minimum Gasteiger partial charge on any atom is -0.324 e. The van der Waals surface area contributed by atoms with Crippen LogP contribution in [0.4, 0.5) is 5.69 Å².